The minimum Gasteiger partial charge on any atom is -0.468 e. The number of carbonyl (C=O) groups excluding carboxylic acids is 3. The number of hydrogen-bond donors (Lipinski definition) is 1. The van der Waals surface area contributed by atoms with E-state index in [4.69, 9.17) is 9.47 Å². The summed E-state index contributed by atoms with van der Waals surface area (Å²) in [6.45, 7) is 8.08. The Bertz CT molecular complexity index is 946. The maximum absolute atomic E-state index is 13.6. The van der Waals surface area contributed by atoms with Crippen LogP contribution in [0.1, 0.15) is 42.9 Å². The molecule has 2 heterocycles. The lowest BCUT2D eigenvalue weighted by Crippen LogP contribution is -2.43. The molecule has 0 radical (unpaired) electrons. The molecular formula is C23H29NO5S2. The van der Waals surface area contributed by atoms with Crippen LogP contribution in [0.4, 0.5) is 0 Å². The zero-order valence-electron chi connectivity index (χ0n) is 18.6. The highest BCUT2D eigenvalue weighted by Gasteiger charge is 2.47. The number of Topliss-reactive ketones (excluding diaryl/α,β-unsaturated/α-hetero) is 1. The Morgan fingerprint density at radius 2 is 2.03 bits per heavy atom. The molecule has 3 rings (SSSR count). The molecule has 168 valence electrons. The molecule has 6 nitrogen and oxygen atoms in total. The van der Waals surface area contributed by atoms with Crippen LogP contribution in [0, 0.1) is 18.8 Å². The van der Waals surface area contributed by atoms with Crippen molar-refractivity contribution in [3.8, 4) is 0 Å². The van der Waals surface area contributed by atoms with Crippen molar-refractivity contribution in [2.24, 2.45) is 11.8 Å². The number of rotatable bonds is 7. The summed E-state index contributed by atoms with van der Waals surface area (Å²) in [5.74, 6) is -1.16. The van der Waals surface area contributed by atoms with E-state index in [1.807, 2.05) is 32.9 Å². The van der Waals surface area contributed by atoms with Crippen molar-refractivity contribution in [3.63, 3.8) is 0 Å². The van der Waals surface area contributed by atoms with Crippen molar-refractivity contribution in [1.29, 1.82) is 0 Å². The number of methoxy groups -OCH3 is 1. The number of ether oxygens (including phenoxy) is 2. The van der Waals surface area contributed by atoms with Gasteiger partial charge in [0.15, 0.2) is 5.78 Å². The monoisotopic (exact) mass is 463 g/mol. The van der Waals surface area contributed by atoms with Crippen LogP contribution >= 0.6 is 23.1 Å². The second-order valence-electron chi connectivity index (χ2n) is 7.82. The summed E-state index contributed by atoms with van der Waals surface area (Å²) < 4.78 is 10.5. The van der Waals surface area contributed by atoms with Gasteiger partial charge >= 0.3 is 11.9 Å². The lowest BCUT2D eigenvalue weighted by atomic mass is 9.70. The molecule has 1 aromatic rings. The Labute approximate surface area is 191 Å². The fourth-order valence-electron chi connectivity index (χ4n) is 4.26. The molecule has 0 bridgehead atoms. The number of nitrogens with one attached hydrogen (secondary N) is 1. The van der Waals surface area contributed by atoms with E-state index in [-0.39, 0.29) is 11.7 Å². The summed E-state index contributed by atoms with van der Waals surface area (Å²) in [6.07, 6.45) is 0.536. The number of hydrogen-bond acceptors (Lipinski definition) is 8. The second-order valence-corrected chi connectivity index (χ2v) is 10.5. The minimum atomic E-state index is -0.870. The smallest absolute Gasteiger partial charge is 0.336 e. The zero-order chi connectivity index (χ0) is 22.7. The topological polar surface area (TPSA) is 81.7 Å². The van der Waals surface area contributed by atoms with E-state index < -0.39 is 23.8 Å². The van der Waals surface area contributed by atoms with Gasteiger partial charge in [0.1, 0.15) is 12.5 Å². The van der Waals surface area contributed by atoms with E-state index >= 15 is 0 Å². The summed E-state index contributed by atoms with van der Waals surface area (Å²) in [6, 6.07) is 3.93. The van der Waals surface area contributed by atoms with Gasteiger partial charge in [-0.2, -0.15) is 11.8 Å². The third-order valence-corrected chi connectivity index (χ3v) is 7.60. The van der Waals surface area contributed by atoms with E-state index in [9.17, 15) is 14.4 Å². The van der Waals surface area contributed by atoms with Gasteiger partial charge < -0.3 is 14.8 Å². The minimum absolute atomic E-state index is 0.190. The molecule has 0 amide bonds. The maximum Gasteiger partial charge on any atom is 0.336 e. The molecule has 0 aromatic carbocycles. The lowest BCUT2D eigenvalue weighted by molar-refractivity contribution is -0.151. The van der Waals surface area contributed by atoms with E-state index in [1.165, 1.54) is 7.11 Å². The van der Waals surface area contributed by atoms with Crippen LogP contribution in [0.15, 0.2) is 34.7 Å². The first-order chi connectivity index (χ1) is 14.8. The van der Waals surface area contributed by atoms with Crippen LogP contribution in [-0.2, 0) is 23.9 Å². The Morgan fingerprint density at radius 3 is 2.65 bits per heavy atom. The van der Waals surface area contributed by atoms with Gasteiger partial charge in [0.05, 0.1) is 18.6 Å². The Morgan fingerprint density at radius 1 is 1.29 bits per heavy atom. The number of allylic oxidation sites excluding steroid dienone is 3. The third-order valence-electron chi connectivity index (χ3n) is 5.67. The molecule has 0 saturated heterocycles. The predicted molar refractivity (Wildman–Crippen MR) is 123 cm³/mol. The average molecular weight is 464 g/mol. The fraction of sp³-hybridized carbons (Fsp3) is 0.522. The van der Waals surface area contributed by atoms with Gasteiger partial charge in [-0.15, -0.1) is 11.3 Å². The normalized spacial score (nSPS) is 23.4. The number of thiophene rings is 1. The molecule has 1 aliphatic heterocycles. The summed E-state index contributed by atoms with van der Waals surface area (Å²) in [7, 11) is 1.30. The van der Waals surface area contributed by atoms with Crippen LogP contribution in [0.2, 0.25) is 0 Å². The molecule has 1 aliphatic carbocycles. The summed E-state index contributed by atoms with van der Waals surface area (Å²) in [5, 5.41) is 3.28. The molecule has 2 aliphatic rings. The van der Waals surface area contributed by atoms with E-state index in [0.717, 1.165) is 27.0 Å². The van der Waals surface area contributed by atoms with E-state index in [1.54, 1.807) is 23.1 Å². The Hall–Kier alpha value is -2.06. The van der Waals surface area contributed by atoms with Gasteiger partial charge in [-0.05, 0) is 44.1 Å². The summed E-state index contributed by atoms with van der Waals surface area (Å²) >= 11 is 3.25. The van der Waals surface area contributed by atoms with Crippen LogP contribution in [-0.4, -0.2) is 42.9 Å². The first kappa shape index (κ1) is 23.6. The Kier molecular flexibility index (Phi) is 7.64. The van der Waals surface area contributed by atoms with Crippen molar-refractivity contribution < 1.29 is 23.9 Å². The standard InChI is InChI=1S/C23H29NO5S2/c1-6-30-10-9-29-23(27)18-14(4)24-15-11-12(2)17(22(26)28-5)21(25)19(15)20(18)16-8-7-13(3)31-16/h7-8,12,17,20,24H,6,9-11H2,1-5H3/t12-,17-,20+/m0/s1. The van der Waals surface area contributed by atoms with Crippen LogP contribution in [0.3, 0.4) is 0 Å². The first-order valence-electron chi connectivity index (χ1n) is 10.4. The van der Waals surface area contributed by atoms with E-state index in [2.05, 4.69) is 12.2 Å². The quantitative estimate of drug-likeness (QED) is 0.372. The predicted octanol–water partition coefficient (Wildman–Crippen LogP) is 3.97. The molecule has 31 heavy (non-hydrogen) atoms. The molecule has 8 heteroatoms. The number of dihydropyridines is 1. The molecule has 0 fully saturated rings. The van der Waals surface area contributed by atoms with Gasteiger partial charge in [-0.3, -0.25) is 9.59 Å². The van der Waals surface area contributed by atoms with Gasteiger partial charge in [0.2, 0.25) is 0 Å². The average Bonchev–Trinajstić information content (AvgIpc) is 3.15. The summed E-state index contributed by atoms with van der Waals surface area (Å²) in [4.78, 5) is 41.1. The van der Waals surface area contributed by atoms with Crippen molar-refractivity contribution in [2.75, 3.05) is 25.2 Å². The molecule has 1 N–H and O–H groups in total. The summed E-state index contributed by atoms with van der Waals surface area (Å²) in [5.41, 5.74) is 2.40. The lowest BCUT2D eigenvalue weighted by Gasteiger charge is -2.37. The molecule has 0 saturated carbocycles. The molecule has 1 aromatic heterocycles. The zero-order valence-corrected chi connectivity index (χ0v) is 20.2. The molecule has 0 spiro atoms. The van der Waals surface area contributed by atoms with Gasteiger partial charge in [0.25, 0.3) is 0 Å². The number of carbonyl (C=O) groups is 3. The fourth-order valence-corrected chi connectivity index (χ4v) is 5.75. The van der Waals surface area contributed by atoms with Gasteiger partial charge in [-0.25, -0.2) is 4.79 Å². The first-order valence-corrected chi connectivity index (χ1v) is 12.4. The highest BCUT2D eigenvalue weighted by Crippen LogP contribution is 2.46. The van der Waals surface area contributed by atoms with Crippen molar-refractivity contribution >= 4 is 40.8 Å². The van der Waals surface area contributed by atoms with Crippen LogP contribution in [0.25, 0.3) is 0 Å². The number of ketones is 1. The highest BCUT2D eigenvalue weighted by molar-refractivity contribution is 7.99. The largest absolute Gasteiger partial charge is 0.468 e. The Balaban J connectivity index is 2.03. The van der Waals surface area contributed by atoms with Crippen molar-refractivity contribution in [3.05, 3.63) is 44.4 Å². The SMILES string of the molecule is CCSCCOC(=O)C1=C(C)NC2=C(C(=O)[C@@H](C(=O)OC)[C@@H](C)C2)[C@@H]1c1ccc(C)s1. The van der Waals surface area contributed by atoms with Crippen LogP contribution in [0.5, 0.6) is 0 Å². The van der Waals surface area contributed by atoms with Crippen LogP contribution < -0.4 is 5.32 Å². The number of aryl methyl sites for hydroxylation is 1. The van der Waals surface area contributed by atoms with Gasteiger partial charge in [-0.1, -0.05) is 13.8 Å². The van der Waals surface area contributed by atoms with E-state index in [0.29, 0.717) is 29.9 Å². The van der Waals surface area contributed by atoms with Gasteiger partial charge in [0, 0.05) is 32.5 Å². The molecule has 3 atom stereocenters. The third kappa shape index (κ3) is 4.75. The van der Waals surface area contributed by atoms with Crippen molar-refractivity contribution in [2.45, 2.75) is 40.0 Å². The second kappa shape index (κ2) is 10.0. The number of thioether (sulfide) groups is 1. The number of esters is 2. The molecular weight excluding hydrogens is 434 g/mol. The highest BCUT2D eigenvalue weighted by atomic mass is 32.2. The molecule has 0 unspecified atom stereocenters. The van der Waals surface area contributed by atoms with Crippen molar-refractivity contribution in [1.82, 2.24) is 5.32 Å². The maximum atomic E-state index is 13.6.